The van der Waals surface area contributed by atoms with Crippen LogP contribution in [0.25, 0.3) is 11.0 Å². The van der Waals surface area contributed by atoms with Crippen LogP contribution in [0.3, 0.4) is 0 Å². The lowest BCUT2D eigenvalue weighted by atomic mass is 10.1. The van der Waals surface area contributed by atoms with Gasteiger partial charge in [0.25, 0.3) is 0 Å². The molecule has 1 unspecified atom stereocenters. The fourth-order valence-electron chi connectivity index (χ4n) is 2.34. The van der Waals surface area contributed by atoms with Gasteiger partial charge in [0.1, 0.15) is 5.82 Å². The molecule has 102 valence electrons. The number of imidazole rings is 1. The van der Waals surface area contributed by atoms with Crippen molar-refractivity contribution in [3.05, 3.63) is 66.2 Å². The number of rotatable bonds is 4. The minimum Gasteiger partial charge on any atom is -0.391 e. The Balaban J connectivity index is 1.72. The van der Waals surface area contributed by atoms with Crippen molar-refractivity contribution in [2.45, 2.75) is 19.1 Å². The summed E-state index contributed by atoms with van der Waals surface area (Å²) in [6, 6.07) is 14.0. The second-order valence-corrected chi connectivity index (χ2v) is 4.87. The minimum atomic E-state index is -0.530. The molecule has 0 saturated carbocycles. The van der Waals surface area contributed by atoms with Crippen molar-refractivity contribution in [3.63, 3.8) is 0 Å². The van der Waals surface area contributed by atoms with Crippen LogP contribution in [0.4, 0.5) is 4.39 Å². The van der Waals surface area contributed by atoms with E-state index in [0.717, 1.165) is 16.6 Å². The molecule has 1 atom stereocenters. The Morgan fingerprint density at radius 3 is 2.65 bits per heavy atom. The van der Waals surface area contributed by atoms with Crippen LogP contribution in [0.2, 0.25) is 0 Å². The molecule has 1 heterocycles. The van der Waals surface area contributed by atoms with E-state index in [2.05, 4.69) is 4.98 Å². The summed E-state index contributed by atoms with van der Waals surface area (Å²) in [5, 5.41) is 10.2. The van der Waals surface area contributed by atoms with Crippen molar-refractivity contribution in [3.8, 4) is 0 Å². The summed E-state index contributed by atoms with van der Waals surface area (Å²) in [7, 11) is 0. The number of para-hydroxylation sites is 2. The molecule has 3 rings (SSSR count). The van der Waals surface area contributed by atoms with Gasteiger partial charge in [0.05, 0.1) is 30.0 Å². The lowest BCUT2D eigenvalue weighted by Crippen LogP contribution is -2.18. The van der Waals surface area contributed by atoms with E-state index < -0.39 is 6.10 Å². The van der Waals surface area contributed by atoms with E-state index in [4.69, 9.17) is 0 Å². The number of benzene rings is 2. The third-order valence-corrected chi connectivity index (χ3v) is 3.32. The number of hydrogen-bond donors (Lipinski definition) is 1. The Morgan fingerprint density at radius 2 is 1.85 bits per heavy atom. The van der Waals surface area contributed by atoms with Crippen molar-refractivity contribution in [2.75, 3.05) is 0 Å². The zero-order valence-electron chi connectivity index (χ0n) is 10.9. The second-order valence-electron chi connectivity index (χ2n) is 4.87. The highest BCUT2D eigenvalue weighted by molar-refractivity contribution is 5.74. The summed E-state index contributed by atoms with van der Waals surface area (Å²) in [5.41, 5.74) is 2.84. The predicted molar refractivity (Wildman–Crippen MR) is 75.8 cm³/mol. The summed E-state index contributed by atoms with van der Waals surface area (Å²) in [6.07, 6.45) is 1.70. The molecular formula is C16H15FN2O. The Labute approximate surface area is 116 Å². The number of fused-ring (bicyclic) bond motifs is 1. The molecule has 20 heavy (non-hydrogen) atoms. The maximum absolute atomic E-state index is 12.8. The van der Waals surface area contributed by atoms with E-state index in [1.54, 1.807) is 18.5 Å². The highest BCUT2D eigenvalue weighted by Gasteiger charge is 2.09. The van der Waals surface area contributed by atoms with Crippen LogP contribution in [0.15, 0.2) is 54.9 Å². The summed E-state index contributed by atoms with van der Waals surface area (Å²) in [5.74, 6) is -0.260. The van der Waals surface area contributed by atoms with Crippen LogP contribution < -0.4 is 0 Å². The SMILES string of the molecule is OC(Cc1ccc(F)cc1)Cn1cnc2ccccc21. The largest absolute Gasteiger partial charge is 0.391 e. The van der Waals surface area contributed by atoms with Crippen LogP contribution in [0.1, 0.15) is 5.56 Å². The van der Waals surface area contributed by atoms with Crippen molar-refractivity contribution in [1.82, 2.24) is 9.55 Å². The molecule has 3 aromatic rings. The molecule has 0 aliphatic heterocycles. The Bertz CT molecular complexity index is 706. The molecule has 0 aliphatic carbocycles. The smallest absolute Gasteiger partial charge is 0.123 e. The van der Waals surface area contributed by atoms with E-state index in [0.29, 0.717) is 13.0 Å². The molecule has 1 N–H and O–H groups in total. The van der Waals surface area contributed by atoms with Gasteiger partial charge in [-0.15, -0.1) is 0 Å². The van der Waals surface area contributed by atoms with E-state index in [9.17, 15) is 9.50 Å². The number of halogens is 1. The quantitative estimate of drug-likeness (QED) is 0.791. The average Bonchev–Trinajstić information content (AvgIpc) is 2.85. The topological polar surface area (TPSA) is 38.0 Å². The lowest BCUT2D eigenvalue weighted by molar-refractivity contribution is 0.155. The fourth-order valence-corrected chi connectivity index (χ4v) is 2.34. The van der Waals surface area contributed by atoms with Crippen molar-refractivity contribution < 1.29 is 9.50 Å². The van der Waals surface area contributed by atoms with E-state index in [-0.39, 0.29) is 5.82 Å². The van der Waals surface area contributed by atoms with Gasteiger partial charge in [-0.2, -0.15) is 0 Å². The number of aliphatic hydroxyl groups excluding tert-OH is 1. The molecular weight excluding hydrogens is 255 g/mol. The van der Waals surface area contributed by atoms with Crippen LogP contribution in [0.5, 0.6) is 0 Å². The molecule has 0 spiro atoms. The molecule has 0 saturated heterocycles. The molecule has 0 bridgehead atoms. The van der Waals surface area contributed by atoms with Gasteiger partial charge in [-0.25, -0.2) is 9.37 Å². The minimum absolute atomic E-state index is 0.260. The molecule has 0 aliphatic rings. The summed E-state index contributed by atoms with van der Waals surface area (Å²) >= 11 is 0. The molecule has 3 nitrogen and oxygen atoms in total. The lowest BCUT2D eigenvalue weighted by Gasteiger charge is -2.12. The number of aliphatic hydroxyl groups is 1. The number of nitrogens with zero attached hydrogens (tertiary/aromatic N) is 2. The molecule has 0 radical (unpaired) electrons. The highest BCUT2D eigenvalue weighted by Crippen LogP contribution is 2.13. The van der Waals surface area contributed by atoms with Crippen molar-refractivity contribution >= 4 is 11.0 Å². The zero-order chi connectivity index (χ0) is 13.9. The van der Waals surface area contributed by atoms with Crippen molar-refractivity contribution in [2.24, 2.45) is 0 Å². The second kappa shape index (κ2) is 5.43. The first kappa shape index (κ1) is 12.8. The summed E-state index contributed by atoms with van der Waals surface area (Å²) < 4.78 is 14.8. The molecule has 0 amide bonds. The summed E-state index contributed by atoms with van der Waals surface area (Å²) in [4.78, 5) is 4.29. The predicted octanol–water partition coefficient (Wildman–Crippen LogP) is 2.78. The molecule has 1 aromatic heterocycles. The maximum Gasteiger partial charge on any atom is 0.123 e. The third-order valence-electron chi connectivity index (χ3n) is 3.32. The van der Waals surface area contributed by atoms with E-state index in [1.807, 2.05) is 28.8 Å². The van der Waals surface area contributed by atoms with E-state index in [1.165, 1.54) is 12.1 Å². The molecule has 2 aromatic carbocycles. The van der Waals surface area contributed by atoms with E-state index >= 15 is 0 Å². The molecule has 0 fully saturated rings. The van der Waals surface area contributed by atoms with Gasteiger partial charge >= 0.3 is 0 Å². The Morgan fingerprint density at radius 1 is 1.10 bits per heavy atom. The fraction of sp³-hybridized carbons (Fsp3) is 0.188. The number of aromatic nitrogens is 2. The van der Waals surface area contributed by atoms with Crippen molar-refractivity contribution in [1.29, 1.82) is 0 Å². The van der Waals surface area contributed by atoms with Gasteiger partial charge in [0, 0.05) is 6.42 Å². The van der Waals surface area contributed by atoms with Crippen LogP contribution in [-0.2, 0) is 13.0 Å². The Hall–Kier alpha value is -2.20. The van der Waals surface area contributed by atoms with Crippen LogP contribution >= 0.6 is 0 Å². The van der Waals surface area contributed by atoms with Gasteiger partial charge in [-0.05, 0) is 29.8 Å². The first-order valence-electron chi connectivity index (χ1n) is 6.55. The standard InChI is InChI=1S/C16H15FN2O/c17-13-7-5-12(6-8-13)9-14(20)10-19-11-18-15-3-1-2-4-16(15)19/h1-8,11,14,20H,9-10H2. The summed E-state index contributed by atoms with van der Waals surface area (Å²) in [6.45, 7) is 0.470. The first-order chi connectivity index (χ1) is 9.72. The zero-order valence-corrected chi connectivity index (χ0v) is 10.9. The monoisotopic (exact) mass is 270 g/mol. The Kier molecular flexibility index (Phi) is 3.48. The number of hydrogen-bond acceptors (Lipinski definition) is 2. The van der Waals surface area contributed by atoms with Gasteiger partial charge in [0.15, 0.2) is 0 Å². The molecule has 4 heteroatoms. The van der Waals surface area contributed by atoms with Gasteiger partial charge in [-0.1, -0.05) is 24.3 Å². The van der Waals surface area contributed by atoms with Gasteiger partial charge < -0.3 is 9.67 Å². The van der Waals surface area contributed by atoms with Crippen LogP contribution in [0, 0.1) is 5.82 Å². The normalized spacial score (nSPS) is 12.7. The average molecular weight is 270 g/mol. The highest BCUT2D eigenvalue weighted by atomic mass is 19.1. The van der Waals surface area contributed by atoms with Gasteiger partial charge in [-0.3, -0.25) is 0 Å². The first-order valence-corrected chi connectivity index (χ1v) is 6.55. The van der Waals surface area contributed by atoms with Crippen LogP contribution in [-0.4, -0.2) is 20.8 Å². The van der Waals surface area contributed by atoms with Gasteiger partial charge in [0.2, 0.25) is 0 Å². The maximum atomic E-state index is 12.8. The third kappa shape index (κ3) is 2.70.